The molecule has 21 heavy (non-hydrogen) atoms. The fraction of sp³-hybridized carbons (Fsp3) is 0.538. The molecule has 1 fully saturated rings. The molecule has 0 aliphatic carbocycles. The summed E-state index contributed by atoms with van der Waals surface area (Å²) in [5.41, 5.74) is 0. The molecule has 8 nitrogen and oxygen atoms in total. The van der Waals surface area contributed by atoms with Gasteiger partial charge in [-0.2, -0.15) is 4.68 Å². The molecule has 0 aromatic carbocycles. The number of hydrogen-bond acceptors (Lipinski definition) is 5. The molecule has 2 aromatic rings. The molecular weight excluding hydrogens is 270 g/mol. The van der Waals surface area contributed by atoms with Gasteiger partial charge in [-0.15, -0.1) is 10.2 Å². The highest BCUT2D eigenvalue weighted by Gasteiger charge is 2.21. The Bertz CT molecular complexity index is 624. The summed E-state index contributed by atoms with van der Waals surface area (Å²) in [6.45, 7) is 5.72. The third-order valence-corrected chi connectivity index (χ3v) is 3.36. The van der Waals surface area contributed by atoms with E-state index in [-0.39, 0.29) is 12.1 Å². The van der Waals surface area contributed by atoms with E-state index in [0.717, 1.165) is 25.3 Å². The molecule has 1 aliphatic rings. The van der Waals surface area contributed by atoms with Crippen molar-refractivity contribution >= 4 is 6.03 Å². The van der Waals surface area contributed by atoms with Crippen molar-refractivity contribution in [2.45, 2.75) is 32.2 Å². The second kappa shape index (κ2) is 5.65. The molecular formula is C13H19N7O. The highest BCUT2D eigenvalue weighted by molar-refractivity contribution is 5.76. The zero-order valence-corrected chi connectivity index (χ0v) is 12.2. The molecule has 1 saturated heterocycles. The first-order valence-electron chi connectivity index (χ1n) is 7.12. The largest absolute Gasteiger partial charge is 0.342 e. The van der Waals surface area contributed by atoms with Gasteiger partial charge in [0.2, 0.25) is 0 Å². The van der Waals surface area contributed by atoms with E-state index in [1.54, 1.807) is 23.3 Å². The van der Waals surface area contributed by atoms with Crippen molar-refractivity contribution in [2.75, 3.05) is 13.1 Å². The zero-order valence-electron chi connectivity index (χ0n) is 12.2. The predicted octanol–water partition coefficient (Wildman–Crippen LogP) is 0.507. The maximum absolute atomic E-state index is 11.8. The van der Waals surface area contributed by atoms with Gasteiger partial charge in [-0.3, -0.25) is 0 Å². The van der Waals surface area contributed by atoms with Crippen LogP contribution < -0.4 is 10.6 Å². The van der Waals surface area contributed by atoms with E-state index >= 15 is 0 Å². The second-order valence-corrected chi connectivity index (χ2v) is 5.46. The van der Waals surface area contributed by atoms with Crippen LogP contribution in [0.2, 0.25) is 0 Å². The van der Waals surface area contributed by atoms with E-state index in [1.807, 2.05) is 13.8 Å². The van der Waals surface area contributed by atoms with Crippen LogP contribution >= 0.6 is 0 Å². The number of hydrogen-bond donors (Lipinski definition) is 2. The fourth-order valence-electron chi connectivity index (χ4n) is 2.31. The van der Waals surface area contributed by atoms with Crippen LogP contribution in [0.15, 0.2) is 18.6 Å². The van der Waals surface area contributed by atoms with Gasteiger partial charge < -0.3 is 10.6 Å². The predicted molar refractivity (Wildman–Crippen MR) is 76.4 cm³/mol. The molecule has 112 valence electrons. The van der Waals surface area contributed by atoms with Crippen LogP contribution in [-0.4, -0.2) is 49.7 Å². The van der Waals surface area contributed by atoms with Crippen molar-refractivity contribution in [3.8, 4) is 5.82 Å². The molecule has 3 heterocycles. The lowest BCUT2D eigenvalue weighted by Gasteiger charge is -2.06. The summed E-state index contributed by atoms with van der Waals surface area (Å²) in [6.07, 6.45) is 4.31. The van der Waals surface area contributed by atoms with E-state index in [9.17, 15) is 4.79 Å². The Balaban J connectivity index is 1.75. The number of carbonyl (C=O) groups excluding carboxylic acids is 1. The molecule has 0 radical (unpaired) electrons. The van der Waals surface area contributed by atoms with Gasteiger partial charge >= 0.3 is 6.03 Å². The molecule has 2 N–H and O–H groups in total. The van der Waals surface area contributed by atoms with Gasteiger partial charge in [-0.05, 0) is 26.8 Å². The number of nitrogens with zero attached hydrogens (tertiary/aromatic N) is 5. The summed E-state index contributed by atoms with van der Waals surface area (Å²) in [7, 11) is 0. The number of carbonyl (C=O) groups is 1. The minimum Gasteiger partial charge on any atom is -0.334 e. The topological polar surface area (TPSA) is 89.7 Å². The van der Waals surface area contributed by atoms with Gasteiger partial charge in [0.1, 0.15) is 6.33 Å². The second-order valence-electron chi connectivity index (χ2n) is 5.46. The van der Waals surface area contributed by atoms with Crippen molar-refractivity contribution in [3.63, 3.8) is 0 Å². The molecule has 0 spiro atoms. The maximum Gasteiger partial charge on any atom is 0.342 e. The lowest BCUT2D eigenvalue weighted by Crippen LogP contribution is -2.34. The van der Waals surface area contributed by atoms with Crippen molar-refractivity contribution in [1.29, 1.82) is 0 Å². The lowest BCUT2D eigenvalue weighted by molar-refractivity contribution is 0.237. The Labute approximate surface area is 122 Å². The van der Waals surface area contributed by atoms with Crippen LogP contribution in [0.25, 0.3) is 5.82 Å². The molecule has 2 aromatic heterocycles. The highest BCUT2D eigenvalue weighted by Crippen LogP contribution is 2.18. The van der Waals surface area contributed by atoms with Gasteiger partial charge in [0.15, 0.2) is 11.6 Å². The van der Waals surface area contributed by atoms with Crippen molar-refractivity contribution in [3.05, 3.63) is 24.4 Å². The number of aromatic nitrogens is 5. The van der Waals surface area contributed by atoms with Crippen LogP contribution in [0, 0.1) is 0 Å². The number of nitrogens with one attached hydrogen (secondary N) is 2. The van der Waals surface area contributed by atoms with E-state index in [4.69, 9.17) is 0 Å². The van der Waals surface area contributed by atoms with Gasteiger partial charge in [0.05, 0.1) is 0 Å². The molecule has 1 aliphatic heterocycles. The molecule has 1 atom stereocenters. The average Bonchev–Trinajstić information content (AvgIpc) is 3.18. The van der Waals surface area contributed by atoms with Gasteiger partial charge in [0, 0.05) is 30.8 Å². The summed E-state index contributed by atoms with van der Waals surface area (Å²) in [4.78, 5) is 16.2. The van der Waals surface area contributed by atoms with Crippen LogP contribution in [0.4, 0.5) is 4.79 Å². The quantitative estimate of drug-likeness (QED) is 0.859. The fourth-order valence-corrected chi connectivity index (χ4v) is 2.31. The Kier molecular flexibility index (Phi) is 3.70. The van der Waals surface area contributed by atoms with Gasteiger partial charge in [-0.25, -0.2) is 14.5 Å². The van der Waals surface area contributed by atoms with E-state index in [1.165, 1.54) is 4.68 Å². The van der Waals surface area contributed by atoms with Crippen molar-refractivity contribution in [2.24, 2.45) is 0 Å². The summed E-state index contributed by atoms with van der Waals surface area (Å²) in [6, 6.07) is 1.56. The first-order chi connectivity index (χ1) is 10.1. The van der Waals surface area contributed by atoms with E-state index < -0.39 is 0 Å². The first kappa shape index (κ1) is 13.7. The van der Waals surface area contributed by atoms with Crippen LogP contribution in [-0.2, 0) is 0 Å². The Morgan fingerprint density at radius 3 is 3.05 bits per heavy atom. The normalized spacial score (nSPS) is 18.3. The molecule has 8 heteroatoms. The van der Waals surface area contributed by atoms with Gasteiger partial charge in [0.25, 0.3) is 0 Å². The van der Waals surface area contributed by atoms with Crippen LogP contribution in [0.3, 0.4) is 0 Å². The van der Waals surface area contributed by atoms with E-state index in [2.05, 4.69) is 25.8 Å². The summed E-state index contributed by atoms with van der Waals surface area (Å²) < 4.78 is 2.88. The Morgan fingerprint density at radius 2 is 2.33 bits per heavy atom. The minimum atomic E-state index is -0.253. The van der Waals surface area contributed by atoms with Crippen LogP contribution in [0.1, 0.15) is 32.0 Å². The SMILES string of the molecule is CC(C)NC(=O)n1ccc(-n2cnc(C3CCNC3)n2)n1. The third-order valence-electron chi connectivity index (χ3n) is 3.36. The zero-order chi connectivity index (χ0) is 14.8. The first-order valence-corrected chi connectivity index (χ1v) is 7.12. The Hall–Kier alpha value is -2.22. The lowest BCUT2D eigenvalue weighted by atomic mass is 10.1. The molecule has 1 unspecified atom stereocenters. The Morgan fingerprint density at radius 1 is 1.48 bits per heavy atom. The summed E-state index contributed by atoms with van der Waals surface area (Å²) >= 11 is 0. The van der Waals surface area contributed by atoms with E-state index in [0.29, 0.717) is 11.7 Å². The smallest absolute Gasteiger partial charge is 0.334 e. The average molecular weight is 289 g/mol. The number of rotatable bonds is 3. The molecule has 1 amide bonds. The maximum atomic E-state index is 11.8. The summed E-state index contributed by atoms with van der Waals surface area (Å²) in [5, 5.41) is 14.8. The van der Waals surface area contributed by atoms with Crippen molar-refractivity contribution in [1.82, 2.24) is 35.2 Å². The summed E-state index contributed by atoms with van der Waals surface area (Å²) in [5.74, 6) is 1.76. The van der Waals surface area contributed by atoms with Gasteiger partial charge in [-0.1, -0.05) is 0 Å². The standard InChI is InChI=1S/C13H19N7O/c1-9(2)16-13(21)19-6-4-11(17-19)20-8-15-12(18-20)10-3-5-14-7-10/h4,6,8-10,14H,3,5,7H2,1-2H3,(H,16,21). The van der Waals surface area contributed by atoms with Crippen LogP contribution in [0.5, 0.6) is 0 Å². The third kappa shape index (κ3) is 2.94. The molecule has 0 saturated carbocycles. The molecule has 3 rings (SSSR count). The molecule has 0 bridgehead atoms. The number of amides is 1. The monoisotopic (exact) mass is 289 g/mol. The highest BCUT2D eigenvalue weighted by atomic mass is 16.2. The minimum absolute atomic E-state index is 0.0676. The van der Waals surface area contributed by atoms with Crippen molar-refractivity contribution < 1.29 is 4.79 Å².